The first-order valence-electron chi connectivity index (χ1n) is 1.80. The molecule has 0 unspecified atom stereocenters. The van der Waals surface area contributed by atoms with E-state index >= 15 is 0 Å². The van der Waals surface area contributed by atoms with Gasteiger partial charge in [0.05, 0.1) is 5.55 Å². The third kappa shape index (κ3) is 3.78. The molecule has 4 heteroatoms. The third-order valence-electron chi connectivity index (χ3n) is 0.487. The van der Waals surface area contributed by atoms with E-state index in [2.05, 4.69) is 4.99 Å². The van der Waals surface area contributed by atoms with Crippen molar-refractivity contribution < 1.29 is 10.5 Å². The summed E-state index contributed by atoms with van der Waals surface area (Å²) in [6, 6.07) is 0. The minimum absolute atomic E-state index is 1.03. The number of aliphatic imine (C=N–C) groups is 1. The predicted molar refractivity (Wildman–Crippen MR) is 31.1 cm³/mol. The van der Waals surface area contributed by atoms with Crippen molar-refractivity contribution in [2.75, 3.05) is 12.3 Å². The van der Waals surface area contributed by atoms with Gasteiger partial charge in [0.15, 0.2) is 0 Å². The summed E-state index contributed by atoms with van der Waals surface area (Å²) in [6.07, 6.45) is 0. The summed E-state index contributed by atoms with van der Waals surface area (Å²) in [5.41, 5.74) is 1.90. The quantitative estimate of drug-likeness (QED) is 0.368. The van der Waals surface area contributed by atoms with Crippen molar-refractivity contribution in [1.82, 2.24) is 0 Å². The lowest BCUT2D eigenvalue weighted by molar-refractivity contribution is -0.176. The maximum Gasteiger partial charge on any atom is 0.0542 e. The third-order valence-corrected chi connectivity index (χ3v) is 1.20. The highest BCUT2D eigenvalue weighted by Gasteiger charge is 1.86. The van der Waals surface area contributed by atoms with E-state index in [0.29, 0.717) is 0 Å². The second-order valence-corrected chi connectivity index (χ2v) is 1.83. The summed E-state index contributed by atoms with van der Waals surface area (Å²) >= 11 is 1.78. The Labute approximate surface area is 46.0 Å². The van der Waals surface area contributed by atoms with Gasteiger partial charge in [-0.25, -0.2) is 0 Å². The molecule has 0 fully saturated rings. The molecule has 0 aromatic heterocycles. The van der Waals surface area contributed by atoms with Crippen LogP contribution in [0.1, 0.15) is 0 Å². The lowest BCUT2D eigenvalue weighted by Gasteiger charge is -1.67. The average Bonchev–Trinajstić information content (AvgIpc) is 2.23. The van der Waals surface area contributed by atoms with Crippen LogP contribution >= 0.6 is 11.8 Å². The normalized spacial score (nSPS) is 15.7. The molecule has 0 aliphatic carbocycles. The number of hydrogen-bond acceptors (Lipinski definition) is 4. The van der Waals surface area contributed by atoms with E-state index in [-0.39, 0.29) is 0 Å². The van der Waals surface area contributed by atoms with Gasteiger partial charge in [0.1, 0.15) is 0 Å². The van der Waals surface area contributed by atoms with Crippen LogP contribution in [0.3, 0.4) is 0 Å². The Bertz CT molecular complexity index is 50.9. The Morgan fingerprint density at radius 2 is 2.29 bits per heavy atom. The molecule has 0 amide bonds. The van der Waals surface area contributed by atoms with E-state index in [0.717, 1.165) is 6.54 Å². The average molecular weight is 121 g/mol. The zero-order valence-electron chi connectivity index (χ0n) is 3.74. The molecule has 42 valence electrons. The standard InChI is InChI=1S/C3H5NS.H2O2/c1-2-5-3-4-1;1-2/h3H,1-2H2;1-2H. The Morgan fingerprint density at radius 1 is 1.57 bits per heavy atom. The van der Waals surface area contributed by atoms with Crippen molar-refractivity contribution in [1.29, 1.82) is 0 Å². The van der Waals surface area contributed by atoms with Gasteiger partial charge in [-0.3, -0.25) is 15.5 Å². The molecule has 3 nitrogen and oxygen atoms in total. The minimum atomic E-state index is 1.03. The zero-order valence-corrected chi connectivity index (χ0v) is 4.56. The fourth-order valence-corrected chi connectivity index (χ4v) is 0.791. The summed E-state index contributed by atoms with van der Waals surface area (Å²) < 4.78 is 0. The summed E-state index contributed by atoms with van der Waals surface area (Å²) in [5.74, 6) is 1.19. The Balaban J connectivity index is 0.000000162. The lowest BCUT2D eigenvalue weighted by Crippen LogP contribution is -1.69. The molecule has 1 rings (SSSR count). The lowest BCUT2D eigenvalue weighted by atomic mass is 10.8. The summed E-state index contributed by atoms with van der Waals surface area (Å²) in [4.78, 5) is 3.92. The van der Waals surface area contributed by atoms with Crippen LogP contribution in [-0.2, 0) is 0 Å². The van der Waals surface area contributed by atoms with Crippen molar-refractivity contribution in [3.8, 4) is 0 Å². The second-order valence-electron chi connectivity index (χ2n) is 0.882. The van der Waals surface area contributed by atoms with Crippen molar-refractivity contribution >= 4 is 17.3 Å². The first-order chi connectivity index (χ1) is 3.50. The van der Waals surface area contributed by atoms with E-state index in [1.165, 1.54) is 5.75 Å². The highest BCUT2D eigenvalue weighted by molar-refractivity contribution is 8.12. The second kappa shape index (κ2) is 5.94. The van der Waals surface area contributed by atoms with Crippen LogP contribution in [0.4, 0.5) is 0 Å². The molecular formula is C3H7NO2S. The van der Waals surface area contributed by atoms with Gasteiger partial charge in [-0.05, 0) is 0 Å². The van der Waals surface area contributed by atoms with Crippen LogP contribution in [-0.4, -0.2) is 28.4 Å². The summed E-state index contributed by atoms with van der Waals surface area (Å²) in [5, 5.41) is 12.0. The van der Waals surface area contributed by atoms with Crippen molar-refractivity contribution in [3.05, 3.63) is 0 Å². The van der Waals surface area contributed by atoms with E-state index < -0.39 is 0 Å². The van der Waals surface area contributed by atoms with Gasteiger partial charge in [-0.1, -0.05) is 0 Å². The van der Waals surface area contributed by atoms with Crippen LogP contribution in [0, 0.1) is 0 Å². The summed E-state index contributed by atoms with van der Waals surface area (Å²) in [7, 11) is 0. The predicted octanol–water partition coefficient (Wildman–Crippen LogP) is 0.779. The molecule has 0 saturated carbocycles. The van der Waals surface area contributed by atoms with Gasteiger partial charge in [0, 0.05) is 12.3 Å². The van der Waals surface area contributed by atoms with Crippen molar-refractivity contribution in [3.63, 3.8) is 0 Å². The van der Waals surface area contributed by atoms with Gasteiger partial charge in [0.25, 0.3) is 0 Å². The van der Waals surface area contributed by atoms with Crippen LogP contribution in [0.15, 0.2) is 4.99 Å². The maximum atomic E-state index is 6.00. The van der Waals surface area contributed by atoms with Crippen LogP contribution in [0.2, 0.25) is 0 Å². The van der Waals surface area contributed by atoms with E-state index in [1.54, 1.807) is 11.8 Å². The molecule has 0 radical (unpaired) electrons. The van der Waals surface area contributed by atoms with Gasteiger partial charge < -0.3 is 0 Å². The van der Waals surface area contributed by atoms with Crippen LogP contribution in [0.25, 0.3) is 0 Å². The largest absolute Gasteiger partial charge is 0.285 e. The summed E-state index contributed by atoms with van der Waals surface area (Å²) in [6.45, 7) is 1.03. The molecule has 0 aromatic rings. The first-order valence-corrected chi connectivity index (χ1v) is 2.85. The van der Waals surface area contributed by atoms with E-state index in [4.69, 9.17) is 10.5 Å². The van der Waals surface area contributed by atoms with Crippen molar-refractivity contribution in [2.45, 2.75) is 0 Å². The Morgan fingerprint density at radius 3 is 2.43 bits per heavy atom. The molecule has 0 atom stereocenters. The molecule has 1 heterocycles. The molecule has 0 saturated heterocycles. The van der Waals surface area contributed by atoms with Crippen LogP contribution in [0.5, 0.6) is 0 Å². The number of rotatable bonds is 0. The highest BCUT2D eigenvalue weighted by Crippen LogP contribution is 1.99. The highest BCUT2D eigenvalue weighted by atomic mass is 32.2. The molecule has 2 N–H and O–H groups in total. The SMILES string of the molecule is C1=NCCS1.OO. The molecule has 1 aliphatic heterocycles. The molecular weight excluding hydrogens is 114 g/mol. The molecule has 0 spiro atoms. The van der Waals surface area contributed by atoms with Crippen molar-refractivity contribution in [2.24, 2.45) is 4.99 Å². The molecule has 0 aromatic carbocycles. The zero-order chi connectivity index (χ0) is 5.54. The van der Waals surface area contributed by atoms with Gasteiger partial charge >= 0.3 is 0 Å². The Hall–Kier alpha value is -0.0600. The van der Waals surface area contributed by atoms with Crippen LogP contribution < -0.4 is 0 Å². The van der Waals surface area contributed by atoms with Gasteiger partial charge in [-0.15, -0.1) is 11.8 Å². The van der Waals surface area contributed by atoms with Gasteiger partial charge in [0.2, 0.25) is 0 Å². The molecule has 0 bridgehead atoms. The fraction of sp³-hybridized carbons (Fsp3) is 0.667. The van der Waals surface area contributed by atoms with E-state index in [1.807, 2.05) is 5.55 Å². The molecule has 1 aliphatic rings. The van der Waals surface area contributed by atoms with Gasteiger partial charge in [-0.2, -0.15) is 0 Å². The minimum Gasteiger partial charge on any atom is -0.285 e. The smallest absolute Gasteiger partial charge is 0.0542 e. The maximum absolute atomic E-state index is 6.00. The number of thioether (sulfide) groups is 1. The molecule has 7 heavy (non-hydrogen) atoms. The number of nitrogens with zero attached hydrogens (tertiary/aromatic N) is 1. The number of hydrogen-bond donors (Lipinski definition) is 2. The van der Waals surface area contributed by atoms with E-state index in [9.17, 15) is 0 Å². The Kier molecular flexibility index (Phi) is 5.89. The fourth-order valence-electron chi connectivity index (χ4n) is 0.264. The topological polar surface area (TPSA) is 52.8 Å². The first kappa shape index (κ1) is 6.94. The monoisotopic (exact) mass is 121 g/mol.